The maximum absolute atomic E-state index is 5.47. The Labute approximate surface area is 143 Å². The molecule has 0 bridgehead atoms. The third-order valence-electron chi connectivity index (χ3n) is 3.77. The monoisotopic (exact) mass is 331 g/mol. The predicted octanol–water partition coefficient (Wildman–Crippen LogP) is 3.52. The van der Waals surface area contributed by atoms with Crippen molar-refractivity contribution in [1.82, 2.24) is 0 Å². The van der Waals surface area contributed by atoms with Crippen molar-refractivity contribution in [3.05, 3.63) is 47.9 Å². The third-order valence-corrected chi connectivity index (χ3v) is 3.77. The lowest BCUT2D eigenvalue weighted by molar-refractivity contribution is 0.371. The van der Waals surface area contributed by atoms with Crippen LogP contribution in [0.4, 0.5) is 0 Å². The first-order valence-corrected chi connectivity index (χ1v) is 7.51. The Hall–Kier alpha value is -2.56. The van der Waals surface area contributed by atoms with Crippen molar-refractivity contribution >= 4 is 0 Å². The van der Waals surface area contributed by atoms with Gasteiger partial charge in [-0.3, -0.25) is 0 Å². The Morgan fingerprint density at radius 2 is 1.21 bits per heavy atom. The Morgan fingerprint density at radius 3 is 1.71 bits per heavy atom. The van der Waals surface area contributed by atoms with Gasteiger partial charge in [-0.25, -0.2) is 0 Å². The average Bonchev–Trinajstić information content (AvgIpc) is 2.65. The van der Waals surface area contributed by atoms with E-state index in [1.54, 1.807) is 35.5 Å². The molecular weight excluding hydrogens is 308 g/mol. The highest BCUT2D eigenvalue weighted by atomic mass is 16.5. The fourth-order valence-corrected chi connectivity index (χ4v) is 2.47. The molecule has 0 unspecified atom stereocenters. The van der Waals surface area contributed by atoms with Crippen molar-refractivity contribution in [1.29, 1.82) is 0 Å². The molecule has 24 heavy (non-hydrogen) atoms. The van der Waals surface area contributed by atoms with E-state index in [2.05, 4.69) is 0 Å². The normalized spacial score (nSPS) is 10.2. The molecule has 0 fully saturated rings. The molecule has 0 aliphatic rings. The van der Waals surface area contributed by atoms with Gasteiger partial charge in [0, 0.05) is 30.2 Å². The van der Waals surface area contributed by atoms with Gasteiger partial charge in [-0.15, -0.1) is 0 Å². The number of hydrogen-bond acceptors (Lipinski definition) is 5. The summed E-state index contributed by atoms with van der Waals surface area (Å²) in [4.78, 5) is 0. The van der Waals surface area contributed by atoms with Crippen LogP contribution in [0.15, 0.2) is 30.3 Å². The van der Waals surface area contributed by atoms with Gasteiger partial charge in [0.25, 0.3) is 0 Å². The summed E-state index contributed by atoms with van der Waals surface area (Å²) in [5.74, 6) is 3.60. The van der Waals surface area contributed by atoms with Crippen LogP contribution < -0.4 is 23.7 Å². The molecule has 5 heteroatoms. The van der Waals surface area contributed by atoms with Crippen LogP contribution >= 0.6 is 0 Å². The molecule has 2 aromatic carbocycles. The third kappa shape index (κ3) is 3.85. The van der Waals surface area contributed by atoms with E-state index in [4.69, 9.17) is 23.7 Å². The Kier molecular flexibility index (Phi) is 6.18. The van der Waals surface area contributed by atoms with Crippen molar-refractivity contribution in [3.8, 4) is 28.7 Å². The van der Waals surface area contributed by atoms with Crippen LogP contribution in [-0.4, -0.2) is 35.5 Å². The van der Waals surface area contributed by atoms with E-state index in [1.807, 2.05) is 36.8 Å². The molecule has 2 rings (SSSR count). The van der Waals surface area contributed by atoms with Crippen molar-refractivity contribution in [2.45, 2.75) is 6.42 Å². The smallest absolute Gasteiger partial charge is 0.129 e. The van der Waals surface area contributed by atoms with Crippen molar-refractivity contribution < 1.29 is 23.7 Å². The van der Waals surface area contributed by atoms with Crippen molar-refractivity contribution in [3.63, 3.8) is 0 Å². The molecule has 0 saturated carbocycles. The minimum atomic E-state index is 0.659. The molecular formula is C19H23O5. The summed E-state index contributed by atoms with van der Waals surface area (Å²) in [7, 11) is 8.14. The van der Waals surface area contributed by atoms with Gasteiger partial charge in [-0.2, -0.15) is 0 Å². The number of ether oxygens (including phenoxy) is 5. The van der Waals surface area contributed by atoms with E-state index in [0.29, 0.717) is 23.7 Å². The summed E-state index contributed by atoms with van der Waals surface area (Å²) in [6.45, 7) is 0. The molecule has 0 heterocycles. The number of methoxy groups -OCH3 is 5. The van der Waals surface area contributed by atoms with Crippen LogP contribution in [0.5, 0.6) is 28.7 Å². The first-order chi connectivity index (χ1) is 11.7. The van der Waals surface area contributed by atoms with Gasteiger partial charge in [-0.1, -0.05) is 6.07 Å². The molecule has 1 radical (unpaired) electrons. The number of rotatable bonds is 8. The van der Waals surface area contributed by atoms with E-state index >= 15 is 0 Å². The first kappa shape index (κ1) is 17.8. The lowest BCUT2D eigenvalue weighted by Crippen LogP contribution is -2.00. The highest BCUT2D eigenvalue weighted by Crippen LogP contribution is 2.36. The average molecular weight is 331 g/mol. The largest absolute Gasteiger partial charge is 0.497 e. The molecule has 0 saturated heterocycles. The topological polar surface area (TPSA) is 46.2 Å². The Morgan fingerprint density at radius 1 is 0.667 bits per heavy atom. The molecule has 0 aliphatic heterocycles. The summed E-state index contributed by atoms with van der Waals surface area (Å²) < 4.78 is 26.9. The Bertz CT molecular complexity index is 656. The van der Waals surface area contributed by atoms with Gasteiger partial charge in [0.15, 0.2) is 0 Å². The lowest BCUT2D eigenvalue weighted by Gasteiger charge is -2.16. The summed E-state index contributed by atoms with van der Waals surface area (Å²) in [6.07, 6.45) is 2.70. The summed E-state index contributed by atoms with van der Waals surface area (Å²) >= 11 is 0. The zero-order valence-corrected chi connectivity index (χ0v) is 14.7. The number of benzene rings is 2. The van der Waals surface area contributed by atoms with Crippen LogP contribution in [0.2, 0.25) is 0 Å². The second kappa shape index (κ2) is 8.34. The van der Waals surface area contributed by atoms with Gasteiger partial charge in [0.1, 0.15) is 28.7 Å². The van der Waals surface area contributed by atoms with E-state index in [-0.39, 0.29) is 0 Å². The zero-order valence-electron chi connectivity index (χ0n) is 14.7. The van der Waals surface area contributed by atoms with Gasteiger partial charge in [0.05, 0.1) is 35.5 Å². The van der Waals surface area contributed by atoms with Crippen molar-refractivity contribution in [2.24, 2.45) is 0 Å². The minimum Gasteiger partial charge on any atom is -0.497 e. The molecule has 0 aromatic heterocycles. The first-order valence-electron chi connectivity index (χ1n) is 7.51. The van der Waals surface area contributed by atoms with Gasteiger partial charge in [0.2, 0.25) is 0 Å². The fraction of sp³-hybridized carbons (Fsp3) is 0.316. The molecule has 0 amide bonds. The van der Waals surface area contributed by atoms with Gasteiger partial charge in [-0.05, 0) is 18.1 Å². The molecule has 5 nitrogen and oxygen atoms in total. The quantitative estimate of drug-likeness (QED) is 0.740. The molecule has 0 spiro atoms. The number of hydrogen-bond donors (Lipinski definition) is 0. The molecule has 2 aromatic rings. The van der Waals surface area contributed by atoms with Crippen LogP contribution in [-0.2, 0) is 6.42 Å². The molecule has 0 atom stereocenters. The maximum atomic E-state index is 5.47. The van der Waals surface area contributed by atoms with E-state index in [0.717, 1.165) is 22.6 Å². The van der Waals surface area contributed by atoms with Crippen LogP contribution in [0, 0.1) is 6.42 Å². The van der Waals surface area contributed by atoms with Gasteiger partial charge < -0.3 is 23.7 Å². The summed E-state index contributed by atoms with van der Waals surface area (Å²) in [5.41, 5.74) is 1.91. The lowest BCUT2D eigenvalue weighted by atomic mass is 10.0. The SMILES string of the molecule is COc1ccc(C[CH]c2c(OC)cc(OC)cc2OC)c(OC)c1. The minimum absolute atomic E-state index is 0.659. The van der Waals surface area contributed by atoms with E-state index in [1.165, 1.54) is 0 Å². The second-order valence-corrected chi connectivity index (χ2v) is 5.03. The highest BCUT2D eigenvalue weighted by Gasteiger charge is 2.15. The van der Waals surface area contributed by atoms with E-state index < -0.39 is 0 Å². The maximum Gasteiger partial charge on any atom is 0.129 e. The zero-order chi connectivity index (χ0) is 17.5. The molecule has 129 valence electrons. The Balaban J connectivity index is 2.28. The predicted molar refractivity (Wildman–Crippen MR) is 92.8 cm³/mol. The van der Waals surface area contributed by atoms with Crippen molar-refractivity contribution in [2.75, 3.05) is 35.5 Å². The fourth-order valence-electron chi connectivity index (χ4n) is 2.47. The van der Waals surface area contributed by atoms with Gasteiger partial charge >= 0.3 is 0 Å². The molecule has 0 aliphatic carbocycles. The highest BCUT2D eigenvalue weighted by molar-refractivity contribution is 5.55. The van der Waals surface area contributed by atoms with Crippen LogP contribution in [0.25, 0.3) is 0 Å². The second-order valence-electron chi connectivity index (χ2n) is 5.03. The van der Waals surface area contributed by atoms with E-state index in [9.17, 15) is 0 Å². The molecule has 0 N–H and O–H groups in total. The van der Waals surface area contributed by atoms with Crippen LogP contribution in [0.3, 0.4) is 0 Å². The summed E-state index contributed by atoms with van der Waals surface area (Å²) in [6, 6.07) is 9.43. The summed E-state index contributed by atoms with van der Waals surface area (Å²) in [5, 5.41) is 0. The standard InChI is InChI=1S/C19H23O5/c1-20-14-8-6-13(17(10-14)22-3)7-9-16-18(23-4)11-15(21-2)12-19(16)24-5/h6,8-12H,7H2,1-5H3. The van der Waals surface area contributed by atoms with Crippen LogP contribution in [0.1, 0.15) is 11.1 Å².